The molecule has 2 aromatic heterocycles. The fourth-order valence-corrected chi connectivity index (χ4v) is 1.47. The lowest BCUT2D eigenvalue weighted by atomic mass is 10.2. The molecular formula is C12H11N3O3. The van der Waals surface area contributed by atoms with E-state index in [9.17, 15) is 9.59 Å². The maximum absolute atomic E-state index is 11.7. The second kappa shape index (κ2) is 5.22. The van der Waals surface area contributed by atoms with Gasteiger partial charge in [0.1, 0.15) is 5.69 Å². The van der Waals surface area contributed by atoms with Gasteiger partial charge in [0, 0.05) is 24.4 Å². The van der Waals surface area contributed by atoms with Gasteiger partial charge < -0.3 is 10.1 Å². The van der Waals surface area contributed by atoms with Crippen molar-refractivity contribution in [3.8, 4) is 11.5 Å². The Hall–Kier alpha value is -2.50. The quantitative estimate of drug-likeness (QED) is 0.832. The molecule has 0 aliphatic rings. The van der Waals surface area contributed by atoms with E-state index >= 15 is 0 Å². The summed E-state index contributed by atoms with van der Waals surface area (Å²) in [5.41, 5.74) is 0.600. The number of hydrogen-bond acceptors (Lipinski definition) is 4. The Kier molecular flexibility index (Phi) is 3.47. The number of nitrogens with one attached hydrogen (secondary N) is 1. The summed E-state index contributed by atoms with van der Waals surface area (Å²) >= 11 is 0. The molecule has 0 saturated carbocycles. The van der Waals surface area contributed by atoms with Crippen molar-refractivity contribution < 1.29 is 9.90 Å². The first-order valence-corrected chi connectivity index (χ1v) is 5.38. The zero-order valence-corrected chi connectivity index (χ0v) is 9.46. The highest BCUT2D eigenvalue weighted by Crippen LogP contribution is 2.08. The van der Waals surface area contributed by atoms with Crippen LogP contribution in [0.4, 0.5) is 0 Å². The molecule has 0 fully saturated rings. The Labute approximate surface area is 102 Å². The van der Waals surface area contributed by atoms with Gasteiger partial charge in [-0.1, -0.05) is 6.07 Å². The zero-order chi connectivity index (χ0) is 13.0. The molecule has 2 N–H and O–H groups in total. The van der Waals surface area contributed by atoms with Crippen molar-refractivity contribution in [1.82, 2.24) is 15.0 Å². The van der Waals surface area contributed by atoms with E-state index in [1.54, 1.807) is 24.4 Å². The zero-order valence-electron chi connectivity index (χ0n) is 9.46. The lowest BCUT2D eigenvalue weighted by Crippen LogP contribution is -2.16. The number of aromatic nitrogens is 3. The van der Waals surface area contributed by atoms with E-state index in [0.29, 0.717) is 17.1 Å². The second-order valence-corrected chi connectivity index (χ2v) is 3.69. The normalized spacial score (nSPS) is 10.2. The van der Waals surface area contributed by atoms with Crippen LogP contribution in [-0.4, -0.2) is 26.0 Å². The van der Waals surface area contributed by atoms with E-state index in [1.807, 2.05) is 0 Å². The summed E-state index contributed by atoms with van der Waals surface area (Å²) in [5, 5.41) is 8.56. The van der Waals surface area contributed by atoms with Crippen molar-refractivity contribution in [2.75, 3.05) is 0 Å². The smallest absolute Gasteiger partial charge is 0.303 e. The standard InChI is InChI=1S/C12H11N3O3/c16-10(17)5-4-8-7-14-11(15-12(8)18)9-3-1-2-6-13-9/h1-3,6-7H,4-5H2,(H,16,17)(H,14,15,18). The van der Waals surface area contributed by atoms with Crippen molar-refractivity contribution in [3.05, 3.63) is 46.5 Å². The second-order valence-electron chi connectivity index (χ2n) is 3.69. The molecule has 0 spiro atoms. The van der Waals surface area contributed by atoms with Gasteiger partial charge in [-0.2, -0.15) is 0 Å². The van der Waals surface area contributed by atoms with Crippen LogP contribution >= 0.6 is 0 Å². The van der Waals surface area contributed by atoms with E-state index in [1.165, 1.54) is 6.20 Å². The Morgan fingerprint density at radius 1 is 1.33 bits per heavy atom. The fraction of sp³-hybridized carbons (Fsp3) is 0.167. The maximum Gasteiger partial charge on any atom is 0.303 e. The largest absolute Gasteiger partial charge is 0.481 e. The number of H-pyrrole nitrogens is 1. The Morgan fingerprint density at radius 2 is 2.17 bits per heavy atom. The third kappa shape index (κ3) is 2.79. The fourth-order valence-electron chi connectivity index (χ4n) is 1.47. The summed E-state index contributed by atoms with van der Waals surface area (Å²) < 4.78 is 0. The predicted molar refractivity (Wildman–Crippen MR) is 64.0 cm³/mol. The van der Waals surface area contributed by atoms with Gasteiger partial charge in [-0.05, 0) is 18.6 Å². The first kappa shape index (κ1) is 12.0. The molecule has 18 heavy (non-hydrogen) atoms. The third-order valence-electron chi connectivity index (χ3n) is 2.39. The lowest BCUT2D eigenvalue weighted by molar-refractivity contribution is -0.136. The van der Waals surface area contributed by atoms with Crippen molar-refractivity contribution in [3.63, 3.8) is 0 Å². The summed E-state index contributed by atoms with van der Waals surface area (Å²) in [4.78, 5) is 32.9. The van der Waals surface area contributed by atoms with Crippen LogP contribution in [-0.2, 0) is 11.2 Å². The predicted octanol–water partition coefficient (Wildman–Crippen LogP) is 0.849. The number of carboxylic acids is 1. The minimum absolute atomic E-state index is 0.0896. The van der Waals surface area contributed by atoms with E-state index in [-0.39, 0.29) is 18.4 Å². The van der Waals surface area contributed by atoms with Crippen LogP contribution < -0.4 is 5.56 Å². The van der Waals surface area contributed by atoms with Gasteiger partial charge in [0.05, 0.1) is 0 Å². The van der Waals surface area contributed by atoms with Crippen LogP contribution in [0.15, 0.2) is 35.4 Å². The molecule has 0 radical (unpaired) electrons. The Bertz CT molecular complexity index is 607. The van der Waals surface area contributed by atoms with Crippen molar-refractivity contribution in [2.45, 2.75) is 12.8 Å². The first-order valence-electron chi connectivity index (χ1n) is 5.38. The molecule has 0 aliphatic heterocycles. The van der Waals surface area contributed by atoms with E-state index in [0.717, 1.165) is 0 Å². The Balaban J connectivity index is 2.25. The topological polar surface area (TPSA) is 95.9 Å². The highest BCUT2D eigenvalue weighted by Gasteiger charge is 2.07. The van der Waals surface area contributed by atoms with Gasteiger partial charge in [0.15, 0.2) is 5.82 Å². The average Bonchev–Trinajstić information content (AvgIpc) is 2.38. The minimum atomic E-state index is -0.941. The molecule has 0 aliphatic carbocycles. The van der Waals surface area contributed by atoms with Crippen LogP contribution in [0.3, 0.4) is 0 Å². The average molecular weight is 245 g/mol. The minimum Gasteiger partial charge on any atom is -0.481 e. The van der Waals surface area contributed by atoms with E-state index in [4.69, 9.17) is 5.11 Å². The van der Waals surface area contributed by atoms with Crippen molar-refractivity contribution in [2.24, 2.45) is 0 Å². The molecule has 6 heteroatoms. The number of aliphatic carboxylic acids is 1. The van der Waals surface area contributed by atoms with Crippen LogP contribution in [0.2, 0.25) is 0 Å². The van der Waals surface area contributed by atoms with Crippen LogP contribution in [0.1, 0.15) is 12.0 Å². The highest BCUT2D eigenvalue weighted by molar-refractivity contribution is 5.67. The maximum atomic E-state index is 11.7. The monoisotopic (exact) mass is 245 g/mol. The van der Waals surface area contributed by atoms with Gasteiger partial charge in [-0.15, -0.1) is 0 Å². The SMILES string of the molecule is O=C(O)CCc1cnc(-c2ccccn2)[nH]c1=O. The summed E-state index contributed by atoms with van der Waals surface area (Å²) in [5.74, 6) is -0.567. The summed E-state index contributed by atoms with van der Waals surface area (Å²) in [7, 11) is 0. The molecule has 0 atom stereocenters. The summed E-state index contributed by atoms with van der Waals surface area (Å²) in [6, 6.07) is 5.29. The molecule has 0 amide bonds. The molecule has 6 nitrogen and oxygen atoms in total. The van der Waals surface area contributed by atoms with Gasteiger partial charge in [-0.3, -0.25) is 14.6 Å². The Morgan fingerprint density at radius 3 is 2.78 bits per heavy atom. The van der Waals surface area contributed by atoms with Gasteiger partial charge in [0.25, 0.3) is 5.56 Å². The van der Waals surface area contributed by atoms with Crippen LogP contribution in [0, 0.1) is 0 Å². The summed E-state index contributed by atoms with van der Waals surface area (Å²) in [6.45, 7) is 0. The number of rotatable bonds is 4. The highest BCUT2D eigenvalue weighted by atomic mass is 16.4. The number of aromatic amines is 1. The molecule has 0 saturated heterocycles. The molecule has 92 valence electrons. The third-order valence-corrected chi connectivity index (χ3v) is 2.39. The van der Waals surface area contributed by atoms with Gasteiger partial charge >= 0.3 is 5.97 Å². The van der Waals surface area contributed by atoms with Crippen molar-refractivity contribution >= 4 is 5.97 Å². The number of aryl methyl sites for hydroxylation is 1. The molecule has 0 aromatic carbocycles. The first-order chi connectivity index (χ1) is 8.66. The van der Waals surface area contributed by atoms with E-state index < -0.39 is 5.97 Å². The number of nitrogens with zero attached hydrogens (tertiary/aromatic N) is 2. The molecule has 0 bridgehead atoms. The number of pyridine rings is 1. The van der Waals surface area contributed by atoms with Gasteiger partial charge in [-0.25, -0.2) is 4.98 Å². The van der Waals surface area contributed by atoms with Crippen molar-refractivity contribution in [1.29, 1.82) is 0 Å². The number of hydrogen-bond donors (Lipinski definition) is 2. The molecule has 2 rings (SSSR count). The lowest BCUT2D eigenvalue weighted by Gasteiger charge is -2.01. The molecule has 2 heterocycles. The molecule has 2 aromatic rings. The number of carboxylic acid groups (broad SMARTS) is 1. The van der Waals surface area contributed by atoms with Crippen LogP contribution in [0.25, 0.3) is 11.5 Å². The molecule has 0 unspecified atom stereocenters. The van der Waals surface area contributed by atoms with Gasteiger partial charge in [0.2, 0.25) is 0 Å². The van der Waals surface area contributed by atoms with E-state index in [2.05, 4.69) is 15.0 Å². The summed E-state index contributed by atoms with van der Waals surface area (Å²) in [6.07, 6.45) is 3.08. The number of carbonyl (C=O) groups is 1. The van der Waals surface area contributed by atoms with Crippen LogP contribution in [0.5, 0.6) is 0 Å². The molecular weight excluding hydrogens is 234 g/mol.